The highest BCUT2D eigenvalue weighted by Crippen LogP contribution is 2.36. The van der Waals surface area contributed by atoms with Gasteiger partial charge in [0.05, 0.1) is 0 Å². The van der Waals surface area contributed by atoms with Gasteiger partial charge >= 0.3 is 0 Å². The molecular formula is C14H19N3O. The van der Waals surface area contributed by atoms with Crippen molar-refractivity contribution < 1.29 is 5.11 Å². The van der Waals surface area contributed by atoms with Crippen LogP contribution in [-0.2, 0) is 0 Å². The number of hydrogen-bond donors (Lipinski definition) is 4. The third kappa shape index (κ3) is 1.69. The van der Waals surface area contributed by atoms with Crippen LogP contribution >= 0.6 is 0 Å². The van der Waals surface area contributed by atoms with E-state index in [2.05, 4.69) is 17.2 Å². The summed E-state index contributed by atoms with van der Waals surface area (Å²) in [5.74, 6) is 0.793. The first kappa shape index (κ1) is 11.6. The lowest BCUT2D eigenvalue weighted by Crippen LogP contribution is -2.23. The first-order chi connectivity index (χ1) is 8.70. The molecule has 2 heterocycles. The van der Waals surface area contributed by atoms with Crippen LogP contribution in [0.25, 0.3) is 10.9 Å². The van der Waals surface area contributed by atoms with E-state index in [1.54, 1.807) is 12.1 Å². The number of nitrogens with two attached hydrogens (primary N) is 1. The van der Waals surface area contributed by atoms with Crippen molar-refractivity contribution in [1.82, 2.24) is 10.3 Å². The van der Waals surface area contributed by atoms with Gasteiger partial charge in [-0.1, -0.05) is 0 Å². The summed E-state index contributed by atoms with van der Waals surface area (Å²) >= 11 is 0. The lowest BCUT2D eigenvalue weighted by atomic mass is 9.92. The van der Waals surface area contributed by atoms with Crippen molar-refractivity contribution in [2.75, 3.05) is 13.1 Å². The number of phenols is 1. The van der Waals surface area contributed by atoms with E-state index in [1.807, 2.05) is 6.07 Å². The van der Waals surface area contributed by atoms with E-state index < -0.39 is 0 Å². The normalized spacial score (nSPS) is 23.9. The molecule has 3 rings (SSSR count). The Kier molecular flexibility index (Phi) is 2.76. The minimum atomic E-state index is 0.296. The van der Waals surface area contributed by atoms with Gasteiger partial charge in [0, 0.05) is 28.7 Å². The monoisotopic (exact) mass is 245 g/mol. The minimum Gasteiger partial charge on any atom is -0.508 e. The molecule has 1 aromatic carbocycles. The molecule has 1 fully saturated rings. The first-order valence-corrected chi connectivity index (χ1v) is 6.45. The number of H-pyrrole nitrogens is 1. The number of nitrogens with one attached hydrogen (secondary N) is 2. The predicted molar refractivity (Wildman–Crippen MR) is 72.6 cm³/mol. The van der Waals surface area contributed by atoms with Gasteiger partial charge in [-0.2, -0.15) is 0 Å². The summed E-state index contributed by atoms with van der Waals surface area (Å²) in [5.41, 5.74) is 9.32. The maximum absolute atomic E-state index is 9.54. The van der Waals surface area contributed by atoms with Gasteiger partial charge in [0.15, 0.2) is 0 Å². The molecule has 18 heavy (non-hydrogen) atoms. The second-order valence-corrected chi connectivity index (χ2v) is 5.11. The van der Waals surface area contributed by atoms with Gasteiger partial charge in [-0.05, 0) is 50.0 Å². The SMILES string of the molecule is Cc1[nH]c2cc(O)ccc2c1C1NCCC1CN. The molecule has 1 aliphatic heterocycles. The van der Waals surface area contributed by atoms with E-state index in [1.165, 1.54) is 10.9 Å². The Morgan fingerprint density at radius 2 is 2.28 bits per heavy atom. The zero-order chi connectivity index (χ0) is 12.7. The Hall–Kier alpha value is -1.52. The standard InChI is InChI=1S/C14H19N3O/c1-8-13(14-9(7-15)4-5-16-14)11-3-2-10(18)6-12(11)17-8/h2-3,6,9,14,16-18H,4-5,7,15H2,1H3. The highest BCUT2D eigenvalue weighted by Gasteiger charge is 2.30. The van der Waals surface area contributed by atoms with Crippen molar-refractivity contribution in [2.45, 2.75) is 19.4 Å². The first-order valence-electron chi connectivity index (χ1n) is 6.45. The van der Waals surface area contributed by atoms with Gasteiger partial charge in [0.25, 0.3) is 0 Å². The van der Waals surface area contributed by atoms with E-state index in [0.29, 0.717) is 24.3 Å². The summed E-state index contributed by atoms with van der Waals surface area (Å²) in [5, 5.41) is 14.3. The highest BCUT2D eigenvalue weighted by atomic mass is 16.3. The average Bonchev–Trinajstić information content (AvgIpc) is 2.90. The lowest BCUT2D eigenvalue weighted by molar-refractivity contribution is 0.473. The quantitative estimate of drug-likeness (QED) is 0.651. The molecule has 0 saturated carbocycles. The van der Waals surface area contributed by atoms with Crippen molar-refractivity contribution in [3.63, 3.8) is 0 Å². The van der Waals surface area contributed by atoms with Gasteiger partial charge < -0.3 is 21.1 Å². The summed E-state index contributed by atoms with van der Waals surface area (Å²) in [6.07, 6.45) is 1.13. The molecule has 0 amide bonds. The van der Waals surface area contributed by atoms with Gasteiger partial charge in [-0.25, -0.2) is 0 Å². The second kappa shape index (κ2) is 4.30. The summed E-state index contributed by atoms with van der Waals surface area (Å²) in [6, 6.07) is 5.83. The number of phenolic OH excluding ortho intramolecular Hbond substituents is 1. The van der Waals surface area contributed by atoms with Crippen LogP contribution in [0.15, 0.2) is 18.2 Å². The Morgan fingerprint density at radius 1 is 1.44 bits per heavy atom. The van der Waals surface area contributed by atoms with E-state index in [4.69, 9.17) is 5.73 Å². The van der Waals surface area contributed by atoms with Crippen molar-refractivity contribution in [2.24, 2.45) is 11.7 Å². The number of aromatic hydroxyl groups is 1. The van der Waals surface area contributed by atoms with Crippen LogP contribution in [0.4, 0.5) is 0 Å². The molecule has 2 atom stereocenters. The number of benzene rings is 1. The van der Waals surface area contributed by atoms with Gasteiger partial charge in [-0.15, -0.1) is 0 Å². The number of aromatic amines is 1. The Labute approximate surface area is 106 Å². The predicted octanol–water partition coefficient (Wildman–Crippen LogP) is 1.79. The summed E-state index contributed by atoms with van der Waals surface area (Å²) in [6.45, 7) is 3.82. The Bertz CT molecular complexity index is 576. The molecule has 1 saturated heterocycles. The van der Waals surface area contributed by atoms with Crippen LogP contribution in [0, 0.1) is 12.8 Å². The fraction of sp³-hybridized carbons (Fsp3) is 0.429. The van der Waals surface area contributed by atoms with Gasteiger partial charge in [0.2, 0.25) is 0 Å². The molecule has 1 aliphatic rings. The Balaban J connectivity index is 2.13. The van der Waals surface area contributed by atoms with E-state index in [0.717, 1.165) is 24.2 Å². The average molecular weight is 245 g/mol. The van der Waals surface area contributed by atoms with Crippen molar-refractivity contribution in [3.05, 3.63) is 29.5 Å². The molecule has 0 bridgehead atoms. The summed E-state index contributed by atoms with van der Waals surface area (Å²) in [7, 11) is 0. The molecular weight excluding hydrogens is 226 g/mol. The van der Waals surface area contributed by atoms with Crippen LogP contribution in [0.2, 0.25) is 0 Å². The molecule has 2 unspecified atom stereocenters. The lowest BCUT2D eigenvalue weighted by Gasteiger charge is -2.18. The fourth-order valence-electron chi connectivity index (χ4n) is 3.09. The van der Waals surface area contributed by atoms with Crippen molar-refractivity contribution in [3.8, 4) is 5.75 Å². The van der Waals surface area contributed by atoms with E-state index >= 15 is 0 Å². The molecule has 0 aliphatic carbocycles. The summed E-state index contributed by atoms with van der Waals surface area (Å²) in [4.78, 5) is 3.35. The van der Waals surface area contributed by atoms with E-state index in [9.17, 15) is 5.11 Å². The molecule has 5 N–H and O–H groups in total. The number of aryl methyl sites for hydroxylation is 1. The molecule has 2 aromatic rings. The topological polar surface area (TPSA) is 74.1 Å². The zero-order valence-electron chi connectivity index (χ0n) is 10.5. The van der Waals surface area contributed by atoms with Crippen LogP contribution < -0.4 is 11.1 Å². The van der Waals surface area contributed by atoms with Crippen molar-refractivity contribution in [1.29, 1.82) is 0 Å². The van der Waals surface area contributed by atoms with Gasteiger partial charge in [-0.3, -0.25) is 0 Å². The van der Waals surface area contributed by atoms with Gasteiger partial charge in [0.1, 0.15) is 5.75 Å². The molecule has 4 heteroatoms. The maximum atomic E-state index is 9.54. The molecule has 96 valence electrons. The fourth-order valence-corrected chi connectivity index (χ4v) is 3.09. The largest absolute Gasteiger partial charge is 0.508 e. The van der Waals surface area contributed by atoms with Crippen molar-refractivity contribution >= 4 is 10.9 Å². The number of fused-ring (bicyclic) bond motifs is 1. The van der Waals surface area contributed by atoms with Crippen LogP contribution in [-0.4, -0.2) is 23.2 Å². The molecule has 1 aromatic heterocycles. The summed E-state index contributed by atoms with van der Waals surface area (Å²) < 4.78 is 0. The highest BCUT2D eigenvalue weighted by molar-refractivity contribution is 5.86. The molecule has 4 nitrogen and oxygen atoms in total. The third-order valence-corrected chi connectivity index (χ3v) is 3.98. The van der Waals surface area contributed by atoms with E-state index in [-0.39, 0.29) is 0 Å². The minimum absolute atomic E-state index is 0.296. The molecule has 0 spiro atoms. The maximum Gasteiger partial charge on any atom is 0.117 e. The van der Waals surface area contributed by atoms with Crippen LogP contribution in [0.1, 0.15) is 23.7 Å². The number of aromatic nitrogens is 1. The zero-order valence-corrected chi connectivity index (χ0v) is 10.5. The van der Waals surface area contributed by atoms with Crippen LogP contribution in [0.5, 0.6) is 5.75 Å². The molecule has 0 radical (unpaired) electrons. The third-order valence-electron chi connectivity index (χ3n) is 3.98. The van der Waals surface area contributed by atoms with Crippen LogP contribution in [0.3, 0.4) is 0 Å². The number of hydrogen-bond acceptors (Lipinski definition) is 3. The Morgan fingerprint density at radius 3 is 3.06 bits per heavy atom. The smallest absolute Gasteiger partial charge is 0.117 e. The second-order valence-electron chi connectivity index (χ2n) is 5.11. The number of rotatable bonds is 2.